The Morgan fingerprint density at radius 1 is 1.16 bits per heavy atom. The van der Waals surface area contributed by atoms with Crippen molar-refractivity contribution in [1.29, 1.82) is 0 Å². The van der Waals surface area contributed by atoms with Crippen LogP contribution in [0, 0.1) is 13.0 Å². The molecule has 4 heterocycles. The molecule has 0 unspecified atom stereocenters. The first-order valence-electron chi connectivity index (χ1n) is 9.69. The van der Waals surface area contributed by atoms with Crippen molar-refractivity contribution in [3.8, 4) is 28.2 Å². The number of hydrogen-bond donors (Lipinski definition) is 1. The first kappa shape index (κ1) is 19.8. The normalized spacial score (nSPS) is 11.1. The van der Waals surface area contributed by atoms with Crippen LogP contribution in [0.5, 0.6) is 0 Å². The summed E-state index contributed by atoms with van der Waals surface area (Å²) in [6.45, 7) is 2.18. The van der Waals surface area contributed by atoms with Crippen LogP contribution in [0.1, 0.15) is 11.5 Å². The SMILES string of the molecule is Cc1cc(-c2cc(Cl)ccc2-n2cnnn2)cc(=O)n1Cc1ncc(-c2cc[c]cn2)[nH]1. The van der Waals surface area contributed by atoms with Gasteiger partial charge in [0.25, 0.3) is 5.56 Å². The van der Waals surface area contributed by atoms with Crippen LogP contribution in [0.25, 0.3) is 28.2 Å². The Hall–Kier alpha value is -4.11. The molecule has 1 aromatic carbocycles. The maximum Gasteiger partial charge on any atom is 0.251 e. The van der Waals surface area contributed by atoms with E-state index in [9.17, 15) is 4.79 Å². The molecule has 9 nitrogen and oxygen atoms in total. The average Bonchev–Trinajstić information content (AvgIpc) is 3.49. The van der Waals surface area contributed by atoms with E-state index in [2.05, 4.69) is 36.5 Å². The standard InChI is InChI=1S/C22H16ClN8O/c1-14-8-15(17-10-16(23)5-6-20(17)31-13-26-28-29-31)9-22(32)30(14)12-21-25-11-19(27-21)18-4-2-3-7-24-18/h2,4-11,13H,12H2,1H3,(H,25,27). The second kappa shape index (κ2) is 8.20. The number of aromatic amines is 1. The van der Waals surface area contributed by atoms with E-state index in [-0.39, 0.29) is 5.56 Å². The summed E-state index contributed by atoms with van der Waals surface area (Å²) in [6, 6.07) is 15.4. The topological polar surface area (TPSA) is 107 Å². The third kappa shape index (κ3) is 3.81. The van der Waals surface area contributed by atoms with Gasteiger partial charge in [0.1, 0.15) is 12.2 Å². The number of rotatable bonds is 5. The third-order valence-electron chi connectivity index (χ3n) is 5.03. The van der Waals surface area contributed by atoms with Gasteiger partial charge in [0, 0.05) is 34.6 Å². The molecule has 0 fully saturated rings. The summed E-state index contributed by atoms with van der Waals surface area (Å²) in [4.78, 5) is 24.9. The van der Waals surface area contributed by atoms with Gasteiger partial charge in [-0.2, -0.15) is 4.68 Å². The average molecular weight is 444 g/mol. The molecule has 0 amide bonds. The molecule has 5 rings (SSSR count). The van der Waals surface area contributed by atoms with Crippen LogP contribution in [-0.4, -0.2) is 39.7 Å². The molecule has 157 valence electrons. The van der Waals surface area contributed by atoms with Gasteiger partial charge in [-0.1, -0.05) is 17.7 Å². The number of pyridine rings is 2. The number of nitrogens with zero attached hydrogens (tertiary/aromatic N) is 7. The number of aryl methyl sites for hydroxylation is 1. The third-order valence-corrected chi connectivity index (χ3v) is 5.26. The van der Waals surface area contributed by atoms with E-state index in [0.717, 1.165) is 33.9 Å². The molecule has 4 aromatic heterocycles. The maximum absolute atomic E-state index is 13.0. The van der Waals surface area contributed by atoms with Gasteiger partial charge in [0.2, 0.25) is 0 Å². The lowest BCUT2D eigenvalue weighted by atomic mass is 10.0. The van der Waals surface area contributed by atoms with Crippen LogP contribution in [0.2, 0.25) is 5.02 Å². The van der Waals surface area contributed by atoms with Crippen molar-refractivity contribution in [3.05, 3.63) is 94.1 Å². The fraction of sp³-hybridized carbons (Fsp3) is 0.0909. The highest BCUT2D eigenvalue weighted by Gasteiger charge is 2.14. The van der Waals surface area contributed by atoms with Crippen molar-refractivity contribution < 1.29 is 0 Å². The van der Waals surface area contributed by atoms with E-state index in [1.165, 1.54) is 11.0 Å². The second-order valence-corrected chi connectivity index (χ2v) is 7.55. The minimum atomic E-state index is -0.159. The molecular weight excluding hydrogens is 428 g/mol. The van der Waals surface area contributed by atoms with Crippen molar-refractivity contribution in [1.82, 2.24) is 39.7 Å². The summed E-state index contributed by atoms with van der Waals surface area (Å²) in [5.74, 6) is 0.657. The highest BCUT2D eigenvalue weighted by Crippen LogP contribution is 2.29. The number of aromatic nitrogens is 8. The zero-order chi connectivity index (χ0) is 22.1. The molecule has 0 aliphatic rings. The largest absolute Gasteiger partial charge is 0.339 e. The second-order valence-electron chi connectivity index (χ2n) is 7.11. The Balaban J connectivity index is 1.50. The summed E-state index contributed by atoms with van der Waals surface area (Å²) >= 11 is 6.24. The number of tetrazole rings is 1. The number of imidazole rings is 1. The van der Waals surface area contributed by atoms with E-state index in [1.54, 1.807) is 41.2 Å². The van der Waals surface area contributed by atoms with E-state index < -0.39 is 0 Å². The minimum Gasteiger partial charge on any atom is -0.339 e. The molecular formula is C22H16ClN8O. The number of nitrogens with one attached hydrogen (secondary N) is 1. The van der Waals surface area contributed by atoms with E-state index >= 15 is 0 Å². The Morgan fingerprint density at radius 2 is 2.06 bits per heavy atom. The molecule has 32 heavy (non-hydrogen) atoms. The highest BCUT2D eigenvalue weighted by molar-refractivity contribution is 6.31. The zero-order valence-corrected chi connectivity index (χ0v) is 17.7. The van der Waals surface area contributed by atoms with Crippen LogP contribution in [0.15, 0.2) is 66.0 Å². The van der Waals surface area contributed by atoms with Crippen molar-refractivity contribution in [2.45, 2.75) is 13.5 Å². The summed E-state index contributed by atoms with van der Waals surface area (Å²) in [6.07, 6.45) is 4.80. The first-order chi connectivity index (χ1) is 15.6. The summed E-state index contributed by atoms with van der Waals surface area (Å²) in [5, 5.41) is 11.9. The molecule has 0 saturated heterocycles. The Kier molecular flexibility index (Phi) is 5.08. The minimum absolute atomic E-state index is 0.159. The van der Waals surface area contributed by atoms with Gasteiger partial charge in [0.05, 0.1) is 29.8 Å². The van der Waals surface area contributed by atoms with Gasteiger partial charge >= 0.3 is 0 Å². The maximum atomic E-state index is 13.0. The molecule has 0 saturated carbocycles. The molecule has 0 aliphatic carbocycles. The molecule has 0 bridgehead atoms. The van der Waals surface area contributed by atoms with Crippen LogP contribution < -0.4 is 5.56 Å². The van der Waals surface area contributed by atoms with Crippen molar-refractivity contribution in [2.75, 3.05) is 0 Å². The fourth-order valence-electron chi connectivity index (χ4n) is 3.50. The number of benzene rings is 1. The van der Waals surface area contributed by atoms with Crippen molar-refractivity contribution >= 4 is 11.6 Å². The number of hydrogen-bond acceptors (Lipinski definition) is 6. The molecule has 10 heteroatoms. The lowest BCUT2D eigenvalue weighted by Gasteiger charge is -2.13. The van der Waals surface area contributed by atoms with Gasteiger partial charge in [0.15, 0.2) is 0 Å². The van der Waals surface area contributed by atoms with Gasteiger partial charge in [-0.3, -0.25) is 9.78 Å². The predicted octanol–water partition coefficient (Wildman–Crippen LogP) is 3.09. The van der Waals surface area contributed by atoms with E-state index in [4.69, 9.17) is 11.6 Å². The Labute approximate surface area is 187 Å². The predicted molar refractivity (Wildman–Crippen MR) is 118 cm³/mol. The van der Waals surface area contributed by atoms with Crippen molar-refractivity contribution in [2.24, 2.45) is 0 Å². The number of halogens is 1. The van der Waals surface area contributed by atoms with E-state index in [1.807, 2.05) is 25.1 Å². The quantitative estimate of drug-likeness (QED) is 0.447. The van der Waals surface area contributed by atoms with Gasteiger partial charge in [-0.05, 0) is 53.2 Å². The van der Waals surface area contributed by atoms with Crippen LogP contribution in [0.3, 0.4) is 0 Å². The lowest BCUT2D eigenvalue weighted by Crippen LogP contribution is -2.23. The van der Waals surface area contributed by atoms with Crippen LogP contribution in [0.4, 0.5) is 0 Å². The van der Waals surface area contributed by atoms with Crippen LogP contribution >= 0.6 is 11.6 Å². The molecule has 0 spiro atoms. The Morgan fingerprint density at radius 3 is 2.81 bits per heavy atom. The Bertz CT molecular complexity index is 1440. The monoisotopic (exact) mass is 443 g/mol. The molecule has 0 aliphatic heterocycles. The summed E-state index contributed by atoms with van der Waals surface area (Å²) < 4.78 is 3.19. The van der Waals surface area contributed by atoms with Gasteiger partial charge in [-0.15, -0.1) is 5.10 Å². The fourth-order valence-corrected chi connectivity index (χ4v) is 3.67. The first-order valence-corrected chi connectivity index (χ1v) is 10.1. The molecule has 0 atom stereocenters. The summed E-state index contributed by atoms with van der Waals surface area (Å²) in [5.41, 5.74) is 4.36. The smallest absolute Gasteiger partial charge is 0.251 e. The molecule has 5 aromatic rings. The lowest BCUT2D eigenvalue weighted by molar-refractivity contribution is 0.700. The van der Waals surface area contributed by atoms with Crippen molar-refractivity contribution in [3.63, 3.8) is 0 Å². The molecule has 1 N–H and O–H groups in total. The van der Waals surface area contributed by atoms with E-state index in [0.29, 0.717) is 17.4 Å². The summed E-state index contributed by atoms with van der Waals surface area (Å²) in [7, 11) is 0. The van der Waals surface area contributed by atoms with Gasteiger partial charge in [-0.25, -0.2) is 4.98 Å². The molecule has 1 radical (unpaired) electrons. The van der Waals surface area contributed by atoms with Crippen LogP contribution in [-0.2, 0) is 6.54 Å². The zero-order valence-electron chi connectivity index (χ0n) is 16.9. The number of H-pyrrole nitrogens is 1. The van der Waals surface area contributed by atoms with Gasteiger partial charge < -0.3 is 9.55 Å². The highest BCUT2D eigenvalue weighted by atomic mass is 35.5.